The van der Waals surface area contributed by atoms with Crippen molar-refractivity contribution in [2.24, 2.45) is 0 Å². The molecule has 1 heterocycles. The lowest BCUT2D eigenvalue weighted by Gasteiger charge is -2.24. The summed E-state index contributed by atoms with van der Waals surface area (Å²) in [5.41, 5.74) is 1.33. The van der Waals surface area contributed by atoms with Gasteiger partial charge >= 0.3 is 0 Å². The highest BCUT2D eigenvalue weighted by Gasteiger charge is 2.22. The zero-order chi connectivity index (χ0) is 18.4. The predicted octanol–water partition coefficient (Wildman–Crippen LogP) is 1.96. The Bertz CT molecular complexity index is 749. The van der Waals surface area contributed by atoms with Gasteiger partial charge in [0, 0.05) is 26.9 Å². The van der Waals surface area contributed by atoms with E-state index in [4.69, 9.17) is 0 Å². The Kier molecular flexibility index (Phi) is 6.81. The Hall–Kier alpha value is -2.09. The highest BCUT2D eigenvalue weighted by atomic mass is 32.2. The summed E-state index contributed by atoms with van der Waals surface area (Å²) in [7, 11) is 1.71. The Labute approximate surface area is 150 Å². The molecule has 2 N–H and O–H groups in total. The Morgan fingerprint density at radius 2 is 2.20 bits per heavy atom. The number of imidazole rings is 1. The number of benzene rings is 1. The molecule has 0 aliphatic carbocycles. The van der Waals surface area contributed by atoms with E-state index >= 15 is 0 Å². The monoisotopic (exact) mass is 366 g/mol. The van der Waals surface area contributed by atoms with Crippen molar-refractivity contribution in [3.05, 3.63) is 29.8 Å². The van der Waals surface area contributed by atoms with Crippen LogP contribution in [0.4, 0.5) is 4.39 Å². The number of nitrogens with zero attached hydrogens (tertiary/aromatic N) is 2. The van der Waals surface area contributed by atoms with E-state index in [-0.39, 0.29) is 17.6 Å². The average molecular weight is 366 g/mol. The number of aromatic amines is 1. The van der Waals surface area contributed by atoms with E-state index < -0.39 is 6.04 Å². The van der Waals surface area contributed by atoms with Crippen LogP contribution in [0.2, 0.25) is 0 Å². The second kappa shape index (κ2) is 8.84. The molecule has 0 radical (unpaired) electrons. The summed E-state index contributed by atoms with van der Waals surface area (Å²) in [4.78, 5) is 32.9. The first-order valence-corrected chi connectivity index (χ1v) is 9.45. The molecule has 0 aliphatic rings. The fraction of sp³-hybridized carbons (Fsp3) is 0.471. The lowest BCUT2D eigenvalue weighted by Crippen LogP contribution is -2.47. The van der Waals surface area contributed by atoms with Crippen LogP contribution in [0.1, 0.15) is 19.2 Å². The zero-order valence-electron chi connectivity index (χ0n) is 14.6. The molecule has 136 valence electrons. The van der Waals surface area contributed by atoms with Gasteiger partial charge in [-0.2, -0.15) is 11.8 Å². The third-order valence-corrected chi connectivity index (χ3v) is 4.48. The number of carbonyl (C=O) groups is 2. The number of nitrogens with one attached hydrogen (secondary N) is 2. The number of rotatable bonds is 8. The maximum absolute atomic E-state index is 13.2. The van der Waals surface area contributed by atoms with E-state index in [1.165, 1.54) is 19.1 Å². The quantitative estimate of drug-likeness (QED) is 0.749. The number of likely N-dealkylation sites (N-methyl/N-ethyl adjacent to an activating group) is 1. The van der Waals surface area contributed by atoms with Gasteiger partial charge < -0.3 is 15.2 Å². The number of hydrogen-bond acceptors (Lipinski definition) is 4. The fourth-order valence-electron chi connectivity index (χ4n) is 2.54. The fourth-order valence-corrected chi connectivity index (χ4v) is 3.01. The van der Waals surface area contributed by atoms with Crippen LogP contribution < -0.4 is 5.32 Å². The van der Waals surface area contributed by atoms with Crippen molar-refractivity contribution in [1.29, 1.82) is 0 Å². The molecule has 2 aromatic rings. The van der Waals surface area contributed by atoms with E-state index in [0.717, 1.165) is 5.75 Å². The number of aromatic nitrogens is 2. The van der Waals surface area contributed by atoms with Gasteiger partial charge in [0.15, 0.2) is 0 Å². The van der Waals surface area contributed by atoms with Crippen LogP contribution in [0.3, 0.4) is 0 Å². The van der Waals surface area contributed by atoms with Gasteiger partial charge in [-0.25, -0.2) is 9.37 Å². The number of thioether (sulfide) groups is 1. The number of amides is 2. The third-order valence-electron chi connectivity index (χ3n) is 3.84. The van der Waals surface area contributed by atoms with Gasteiger partial charge in [-0.15, -0.1) is 0 Å². The molecular formula is C17H23FN4O2S. The molecule has 2 rings (SSSR count). The Balaban J connectivity index is 1.97. The highest BCUT2D eigenvalue weighted by molar-refractivity contribution is 7.98. The third kappa shape index (κ3) is 5.45. The molecule has 1 aromatic heterocycles. The van der Waals surface area contributed by atoms with E-state index in [2.05, 4.69) is 15.3 Å². The standard InChI is InChI=1S/C17H23FN4O2S/c1-11(23)19-14(7-9-25-3)17(24)22(2)8-6-16-20-13-5-4-12(18)10-15(13)21-16/h4-5,10,14H,6-9H2,1-3H3,(H,19,23)(H,20,21)/t14-/m0/s1. The lowest BCUT2D eigenvalue weighted by atomic mass is 10.2. The minimum absolute atomic E-state index is 0.119. The second-order valence-electron chi connectivity index (χ2n) is 5.89. The predicted molar refractivity (Wildman–Crippen MR) is 98.0 cm³/mol. The van der Waals surface area contributed by atoms with Crippen molar-refractivity contribution >= 4 is 34.6 Å². The zero-order valence-corrected chi connectivity index (χ0v) is 15.5. The lowest BCUT2D eigenvalue weighted by molar-refractivity contribution is -0.135. The SMILES string of the molecule is CSCC[C@H](NC(C)=O)C(=O)N(C)CCc1nc2ccc(F)cc2[nH]1. The van der Waals surface area contributed by atoms with Gasteiger partial charge in [-0.1, -0.05) is 0 Å². The summed E-state index contributed by atoms with van der Waals surface area (Å²) >= 11 is 1.63. The largest absolute Gasteiger partial charge is 0.345 e. The maximum atomic E-state index is 13.2. The normalized spacial score (nSPS) is 12.2. The maximum Gasteiger partial charge on any atom is 0.244 e. The van der Waals surface area contributed by atoms with Crippen LogP contribution in [-0.4, -0.2) is 58.3 Å². The van der Waals surface area contributed by atoms with Gasteiger partial charge in [-0.05, 0) is 36.6 Å². The van der Waals surface area contributed by atoms with Crippen LogP contribution in [0.5, 0.6) is 0 Å². The molecule has 1 atom stereocenters. The summed E-state index contributed by atoms with van der Waals surface area (Å²) < 4.78 is 13.2. The molecule has 0 aliphatic heterocycles. The molecule has 25 heavy (non-hydrogen) atoms. The summed E-state index contributed by atoms with van der Waals surface area (Å²) in [6, 6.07) is 3.87. The molecular weight excluding hydrogens is 343 g/mol. The van der Waals surface area contributed by atoms with Crippen molar-refractivity contribution in [3.63, 3.8) is 0 Å². The smallest absolute Gasteiger partial charge is 0.244 e. The molecule has 6 nitrogen and oxygen atoms in total. The van der Waals surface area contributed by atoms with E-state index in [9.17, 15) is 14.0 Å². The topological polar surface area (TPSA) is 78.1 Å². The molecule has 0 spiro atoms. The highest BCUT2D eigenvalue weighted by Crippen LogP contribution is 2.13. The van der Waals surface area contributed by atoms with Crippen LogP contribution in [0.15, 0.2) is 18.2 Å². The van der Waals surface area contributed by atoms with Crippen molar-refractivity contribution < 1.29 is 14.0 Å². The van der Waals surface area contributed by atoms with Gasteiger partial charge in [0.2, 0.25) is 11.8 Å². The molecule has 0 bridgehead atoms. The van der Waals surface area contributed by atoms with E-state index in [0.29, 0.717) is 36.2 Å². The number of fused-ring (bicyclic) bond motifs is 1. The Morgan fingerprint density at radius 1 is 1.44 bits per heavy atom. The summed E-state index contributed by atoms with van der Waals surface area (Å²) in [5.74, 6) is 0.834. The summed E-state index contributed by atoms with van der Waals surface area (Å²) in [5, 5.41) is 2.71. The first-order valence-electron chi connectivity index (χ1n) is 8.06. The first kappa shape index (κ1) is 19.2. The van der Waals surface area contributed by atoms with E-state index in [1.54, 1.807) is 29.8 Å². The van der Waals surface area contributed by atoms with Crippen LogP contribution >= 0.6 is 11.8 Å². The van der Waals surface area contributed by atoms with Crippen molar-refractivity contribution in [2.45, 2.75) is 25.8 Å². The Morgan fingerprint density at radius 3 is 2.88 bits per heavy atom. The first-order chi connectivity index (χ1) is 11.9. The number of halogens is 1. The molecule has 0 unspecified atom stereocenters. The minimum atomic E-state index is -0.514. The number of hydrogen-bond donors (Lipinski definition) is 2. The van der Waals surface area contributed by atoms with Crippen molar-refractivity contribution in [1.82, 2.24) is 20.2 Å². The van der Waals surface area contributed by atoms with Gasteiger partial charge in [-0.3, -0.25) is 9.59 Å². The molecule has 0 saturated carbocycles. The van der Waals surface area contributed by atoms with Crippen LogP contribution in [0, 0.1) is 5.82 Å². The average Bonchev–Trinajstić information content (AvgIpc) is 2.97. The van der Waals surface area contributed by atoms with Gasteiger partial charge in [0.25, 0.3) is 0 Å². The van der Waals surface area contributed by atoms with Gasteiger partial charge in [0.05, 0.1) is 11.0 Å². The van der Waals surface area contributed by atoms with Gasteiger partial charge in [0.1, 0.15) is 17.7 Å². The number of H-pyrrole nitrogens is 1. The molecule has 8 heteroatoms. The molecule has 0 saturated heterocycles. The molecule has 1 aromatic carbocycles. The number of carbonyl (C=O) groups excluding carboxylic acids is 2. The molecule has 0 fully saturated rings. The van der Waals surface area contributed by atoms with Crippen molar-refractivity contribution in [3.8, 4) is 0 Å². The van der Waals surface area contributed by atoms with E-state index in [1.807, 2.05) is 6.26 Å². The van der Waals surface area contributed by atoms with Crippen LogP contribution in [0.25, 0.3) is 11.0 Å². The molecule has 2 amide bonds. The minimum Gasteiger partial charge on any atom is -0.345 e. The van der Waals surface area contributed by atoms with Crippen LogP contribution in [-0.2, 0) is 16.0 Å². The second-order valence-corrected chi connectivity index (χ2v) is 6.87. The summed E-state index contributed by atoms with van der Waals surface area (Å²) in [6.45, 7) is 1.86. The van der Waals surface area contributed by atoms with Crippen molar-refractivity contribution in [2.75, 3.05) is 25.6 Å². The summed E-state index contributed by atoms with van der Waals surface area (Å²) in [6.07, 6.45) is 3.07.